The van der Waals surface area contributed by atoms with E-state index in [9.17, 15) is 14.4 Å². The van der Waals surface area contributed by atoms with Crippen molar-refractivity contribution in [2.45, 2.75) is 26.3 Å². The largest absolute Gasteiger partial charge is 0.496 e. The predicted octanol–water partition coefficient (Wildman–Crippen LogP) is 5.40. The van der Waals surface area contributed by atoms with Gasteiger partial charge in [0.1, 0.15) is 5.75 Å². The van der Waals surface area contributed by atoms with Crippen molar-refractivity contribution in [2.75, 3.05) is 25.6 Å². The second kappa shape index (κ2) is 12.1. The van der Waals surface area contributed by atoms with Crippen LogP contribution in [0.15, 0.2) is 84.4 Å². The van der Waals surface area contributed by atoms with Gasteiger partial charge in [0.25, 0.3) is 5.91 Å². The van der Waals surface area contributed by atoms with E-state index in [2.05, 4.69) is 10.6 Å². The molecule has 0 saturated heterocycles. The molecular formula is C30H31N3O5. The summed E-state index contributed by atoms with van der Waals surface area (Å²) in [5, 5.41) is 5.87. The normalized spacial score (nSPS) is 15.1. The van der Waals surface area contributed by atoms with Gasteiger partial charge in [0, 0.05) is 12.2 Å². The number of anilines is 1. The molecule has 196 valence electrons. The summed E-state index contributed by atoms with van der Waals surface area (Å²) in [6, 6.07) is 22.3. The molecule has 3 amide bonds. The Hall–Kier alpha value is -4.59. The van der Waals surface area contributed by atoms with Crippen molar-refractivity contribution in [3.8, 4) is 5.75 Å². The van der Waals surface area contributed by atoms with Gasteiger partial charge in [-0.15, -0.1) is 0 Å². The molecule has 1 aliphatic heterocycles. The Labute approximate surface area is 222 Å². The molecule has 3 aromatic rings. The molecule has 1 atom stereocenters. The Kier molecular flexibility index (Phi) is 8.43. The number of para-hydroxylation sites is 1. The van der Waals surface area contributed by atoms with E-state index in [1.807, 2.05) is 37.3 Å². The van der Waals surface area contributed by atoms with Gasteiger partial charge in [-0.05, 0) is 48.7 Å². The van der Waals surface area contributed by atoms with Crippen LogP contribution < -0.4 is 15.4 Å². The maximum Gasteiger partial charge on any atom is 0.338 e. The van der Waals surface area contributed by atoms with Crippen molar-refractivity contribution in [3.05, 3.63) is 101 Å². The quantitative estimate of drug-likeness (QED) is 0.374. The molecule has 0 saturated carbocycles. The summed E-state index contributed by atoms with van der Waals surface area (Å²) in [6.45, 7) is 4.34. The number of nitrogens with one attached hydrogen (secondary N) is 2. The summed E-state index contributed by atoms with van der Waals surface area (Å²) in [5.41, 5.74) is 3.11. The molecule has 0 aromatic heterocycles. The van der Waals surface area contributed by atoms with Crippen LogP contribution in [0.25, 0.3) is 5.70 Å². The Morgan fingerprint density at radius 2 is 1.71 bits per heavy atom. The molecule has 2 N–H and O–H groups in total. The van der Waals surface area contributed by atoms with E-state index < -0.39 is 12.0 Å². The van der Waals surface area contributed by atoms with Crippen molar-refractivity contribution >= 4 is 29.3 Å². The van der Waals surface area contributed by atoms with Crippen LogP contribution in [0, 0.1) is 0 Å². The van der Waals surface area contributed by atoms with Gasteiger partial charge in [0.15, 0.2) is 0 Å². The summed E-state index contributed by atoms with van der Waals surface area (Å²) in [4.78, 5) is 41.3. The maximum atomic E-state index is 13.4. The predicted molar refractivity (Wildman–Crippen MR) is 146 cm³/mol. The molecule has 0 bridgehead atoms. The number of methoxy groups -OCH3 is 1. The fraction of sp³-hybridized carbons (Fsp3) is 0.233. The zero-order chi connectivity index (χ0) is 27.1. The van der Waals surface area contributed by atoms with Crippen LogP contribution in [-0.4, -0.2) is 43.1 Å². The third kappa shape index (κ3) is 5.54. The third-order valence-corrected chi connectivity index (χ3v) is 6.15. The first kappa shape index (κ1) is 26.5. The van der Waals surface area contributed by atoms with Gasteiger partial charge in [0.2, 0.25) is 0 Å². The van der Waals surface area contributed by atoms with Crippen LogP contribution in [0.1, 0.15) is 47.8 Å². The van der Waals surface area contributed by atoms with Crippen molar-refractivity contribution < 1.29 is 23.9 Å². The number of ether oxygens (including phenoxy) is 2. The lowest BCUT2D eigenvalue weighted by Crippen LogP contribution is -2.48. The summed E-state index contributed by atoms with van der Waals surface area (Å²) < 4.78 is 10.8. The van der Waals surface area contributed by atoms with Crippen LogP contribution in [0.2, 0.25) is 0 Å². The smallest absolute Gasteiger partial charge is 0.338 e. The lowest BCUT2D eigenvalue weighted by atomic mass is 9.91. The van der Waals surface area contributed by atoms with E-state index in [0.29, 0.717) is 46.8 Å². The second-order valence-corrected chi connectivity index (χ2v) is 8.66. The number of rotatable bonds is 9. The molecule has 0 radical (unpaired) electrons. The highest BCUT2D eigenvalue weighted by Crippen LogP contribution is 2.37. The van der Waals surface area contributed by atoms with Crippen LogP contribution in [-0.2, 0) is 9.53 Å². The molecule has 4 rings (SSSR count). The van der Waals surface area contributed by atoms with E-state index in [-0.39, 0.29) is 18.5 Å². The number of carbonyl (C=O) groups is 3. The summed E-state index contributed by atoms with van der Waals surface area (Å²) >= 11 is 0. The molecule has 1 unspecified atom stereocenters. The van der Waals surface area contributed by atoms with Crippen molar-refractivity contribution in [3.63, 3.8) is 0 Å². The molecule has 8 heteroatoms. The summed E-state index contributed by atoms with van der Waals surface area (Å²) in [6.07, 6.45) is 0.703. The Morgan fingerprint density at radius 1 is 0.974 bits per heavy atom. The number of esters is 1. The monoisotopic (exact) mass is 513 g/mol. The highest BCUT2D eigenvalue weighted by molar-refractivity contribution is 6.07. The molecular weight excluding hydrogens is 482 g/mol. The van der Waals surface area contributed by atoms with E-state index in [1.54, 1.807) is 60.4 Å². The molecule has 0 fully saturated rings. The van der Waals surface area contributed by atoms with E-state index in [0.717, 1.165) is 5.56 Å². The molecule has 1 aliphatic rings. The SMILES string of the molecule is CCCN1C(=O)NC(c2cccc(NC(=O)c3ccccc3OC)c2)C(C(=O)OCC)=C1c1ccccc1. The lowest BCUT2D eigenvalue weighted by molar-refractivity contribution is -0.138. The number of urea groups is 1. The summed E-state index contributed by atoms with van der Waals surface area (Å²) in [7, 11) is 1.51. The van der Waals surface area contributed by atoms with Crippen LogP contribution in [0.5, 0.6) is 5.75 Å². The molecule has 0 aliphatic carbocycles. The van der Waals surface area contributed by atoms with Gasteiger partial charge in [-0.3, -0.25) is 9.69 Å². The third-order valence-electron chi connectivity index (χ3n) is 6.15. The van der Waals surface area contributed by atoms with Crippen molar-refractivity contribution in [1.29, 1.82) is 0 Å². The van der Waals surface area contributed by atoms with Gasteiger partial charge in [0.05, 0.1) is 36.6 Å². The number of hydrogen-bond acceptors (Lipinski definition) is 5. The molecule has 8 nitrogen and oxygen atoms in total. The van der Waals surface area contributed by atoms with E-state index in [1.165, 1.54) is 7.11 Å². The van der Waals surface area contributed by atoms with Gasteiger partial charge in [-0.2, -0.15) is 0 Å². The fourth-order valence-corrected chi connectivity index (χ4v) is 4.50. The molecule has 0 spiro atoms. The Balaban J connectivity index is 1.79. The average molecular weight is 514 g/mol. The zero-order valence-electron chi connectivity index (χ0n) is 21.7. The van der Waals surface area contributed by atoms with Gasteiger partial charge in [-0.25, -0.2) is 9.59 Å². The van der Waals surface area contributed by atoms with E-state index >= 15 is 0 Å². The van der Waals surface area contributed by atoms with E-state index in [4.69, 9.17) is 9.47 Å². The Morgan fingerprint density at radius 3 is 2.42 bits per heavy atom. The minimum Gasteiger partial charge on any atom is -0.496 e. The second-order valence-electron chi connectivity index (χ2n) is 8.66. The number of carbonyl (C=O) groups excluding carboxylic acids is 3. The minimum absolute atomic E-state index is 0.188. The summed E-state index contributed by atoms with van der Waals surface area (Å²) in [5.74, 6) is -0.398. The zero-order valence-corrected chi connectivity index (χ0v) is 21.7. The maximum absolute atomic E-state index is 13.4. The number of benzene rings is 3. The highest BCUT2D eigenvalue weighted by atomic mass is 16.5. The minimum atomic E-state index is -0.784. The van der Waals surface area contributed by atoms with Crippen LogP contribution >= 0.6 is 0 Å². The van der Waals surface area contributed by atoms with Crippen LogP contribution in [0.3, 0.4) is 0 Å². The first-order valence-corrected chi connectivity index (χ1v) is 12.6. The molecule has 3 aromatic carbocycles. The number of hydrogen-bond donors (Lipinski definition) is 2. The first-order valence-electron chi connectivity index (χ1n) is 12.6. The van der Waals surface area contributed by atoms with Crippen LogP contribution in [0.4, 0.5) is 10.5 Å². The van der Waals surface area contributed by atoms with Gasteiger partial charge < -0.3 is 20.1 Å². The average Bonchev–Trinajstić information content (AvgIpc) is 2.94. The Bertz CT molecular complexity index is 1350. The van der Waals surface area contributed by atoms with Crippen molar-refractivity contribution in [2.24, 2.45) is 0 Å². The van der Waals surface area contributed by atoms with Crippen molar-refractivity contribution in [1.82, 2.24) is 10.2 Å². The number of amides is 3. The lowest BCUT2D eigenvalue weighted by Gasteiger charge is -2.37. The molecule has 38 heavy (non-hydrogen) atoms. The topological polar surface area (TPSA) is 97.0 Å². The standard InChI is InChI=1S/C30H31N3O5/c1-4-18-33-27(20-12-7-6-8-13-20)25(29(35)38-5-2)26(32-30(33)36)21-14-11-15-22(19-21)31-28(34)23-16-9-10-17-24(23)37-3/h6-17,19,26H,4-5,18H2,1-3H3,(H,31,34)(H,32,36). The molecule has 1 heterocycles. The number of nitrogens with zero attached hydrogens (tertiary/aromatic N) is 1. The van der Waals surface area contributed by atoms with Gasteiger partial charge >= 0.3 is 12.0 Å². The van der Waals surface area contributed by atoms with Gasteiger partial charge in [-0.1, -0.05) is 61.5 Å². The first-order chi connectivity index (χ1) is 18.5. The highest BCUT2D eigenvalue weighted by Gasteiger charge is 2.38. The fourth-order valence-electron chi connectivity index (χ4n) is 4.50.